The van der Waals surface area contributed by atoms with Crippen LogP contribution in [0.3, 0.4) is 0 Å². The molecular weight excluding hydrogens is 146 g/mol. The topological polar surface area (TPSA) is 32.3 Å². The minimum atomic E-state index is 0.0550. The van der Waals surface area contributed by atoms with Gasteiger partial charge in [-0.2, -0.15) is 0 Å². The summed E-state index contributed by atoms with van der Waals surface area (Å²) in [4.78, 5) is 0. The van der Waals surface area contributed by atoms with Gasteiger partial charge in [-0.1, -0.05) is 24.8 Å². The molecule has 3 heteroatoms. The molecule has 1 saturated carbocycles. The van der Waals surface area contributed by atoms with E-state index in [4.69, 9.17) is 5.11 Å². The second kappa shape index (κ2) is 3.60. The molecule has 1 fully saturated rings. The van der Waals surface area contributed by atoms with E-state index in [-0.39, 0.29) is 12.1 Å². The van der Waals surface area contributed by atoms with Crippen LogP contribution in [-0.4, -0.2) is 23.5 Å². The van der Waals surface area contributed by atoms with Gasteiger partial charge >= 0.3 is 0 Å². The van der Waals surface area contributed by atoms with Gasteiger partial charge in [-0.15, -0.1) is 0 Å². The molecule has 10 heavy (non-hydrogen) atoms. The molecule has 0 aromatic heterocycles. The van der Waals surface area contributed by atoms with Crippen molar-refractivity contribution in [2.45, 2.75) is 31.2 Å². The molecule has 0 heterocycles. The maximum absolute atomic E-state index is 9.07. The Morgan fingerprint density at radius 1 is 1.50 bits per heavy atom. The molecule has 0 unspecified atom stereocenters. The van der Waals surface area contributed by atoms with Crippen LogP contribution in [0.25, 0.3) is 0 Å². The molecule has 1 rings (SSSR count). The molecule has 0 radical (unpaired) electrons. The van der Waals surface area contributed by atoms with Crippen molar-refractivity contribution in [2.75, 3.05) is 12.9 Å². The highest BCUT2D eigenvalue weighted by Crippen LogP contribution is 2.30. The van der Waals surface area contributed by atoms with Crippen molar-refractivity contribution in [2.24, 2.45) is 0 Å². The zero-order valence-corrected chi connectivity index (χ0v) is 7.21. The van der Waals surface area contributed by atoms with Crippen molar-refractivity contribution in [3.8, 4) is 0 Å². The number of hydrogen-bond donors (Lipinski definition) is 2. The van der Waals surface area contributed by atoms with Crippen molar-refractivity contribution in [3.63, 3.8) is 0 Å². The minimum absolute atomic E-state index is 0.0550. The van der Waals surface area contributed by atoms with Crippen LogP contribution < -0.4 is 4.72 Å². The van der Waals surface area contributed by atoms with E-state index in [9.17, 15) is 0 Å². The van der Waals surface area contributed by atoms with Crippen molar-refractivity contribution >= 4 is 11.9 Å². The first-order valence-corrected chi connectivity index (χ1v) is 4.96. The number of rotatable bonds is 3. The highest BCUT2D eigenvalue weighted by molar-refractivity contribution is 7.96. The predicted octanol–water partition coefficient (Wildman–Crippen LogP) is 1.16. The molecular formula is C7H15NOS. The van der Waals surface area contributed by atoms with Crippen LogP contribution in [0.15, 0.2) is 0 Å². The standard InChI is InChI=1S/C7H15NOS/c1-10-8-7(6-9)4-2-3-5-7/h8-9H,2-6H2,1H3. The van der Waals surface area contributed by atoms with Crippen molar-refractivity contribution in [1.82, 2.24) is 4.72 Å². The van der Waals surface area contributed by atoms with Gasteiger partial charge in [-0.25, -0.2) is 0 Å². The van der Waals surface area contributed by atoms with E-state index in [1.807, 2.05) is 6.26 Å². The lowest BCUT2D eigenvalue weighted by Crippen LogP contribution is -2.41. The first-order valence-electron chi connectivity index (χ1n) is 3.74. The van der Waals surface area contributed by atoms with Gasteiger partial charge in [-0.3, -0.25) is 4.72 Å². The smallest absolute Gasteiger partial charge is 0.0621 e. The van der Waals surface area contributed by atoms with E-state index in [1.54, 1.807) is 11.9 Å². The lowest BCUT2D eigenvalue weighted by Gasteiger charge is -2.26. The molecule has 0 saturated heterocycles. The maximum Gasteiger partial charge on any atom is 0.0621 e. The van der Waals surface area contributed by atoms with Crippen LogP contribution in [0.1, 0.15) is 25.7 Å². The summed E-state index contributed by atoms with van der Waals surface area (Å²) in [7, 11) is 0. The Bertz CT molecular complexity index is 102. The molecule has 0 aromatic rings. The van der Waals surface area contributed by atoms with Crippen LogP contribution >= 0.6 is 11.9 Å². The van der Waals surface area contributed by atoms with Gasteiger partial charge < -0.3 is 5.11 Å². The summed E-state index contributed by atoms with van der Waals surface area (Å²) in [5.41, 5.74) is 0.0550. The molecule has 0 bridgehead atoms. The summed E-state index contributed by atoms with van der Waals surface area (Å²) in [5.74, 6) is 0. The monoisotopic (exact) mass is 161 g/mol. The summed E-state index contributed by atoms with van der Waals surface area (Å²) in [5, 5.41) is 9.07. The van der Waals surface area contributed by atoms with Gasteiger partial charge in [0.2, 0.25) is 0 Å². The largest absolute Gasteiger partial charge is 0.394 e. The highest BCUT2D eigenvalue weighted by atomic mass is 32.2. The summed E-state index contributed by atoms with van der Waals surface area (Å²) in [6.07, 6.45) is 6.78. The second-order valence-corrected chi connectivity index (χ2v) is 3.56. The average molecular weight is 161 g/mol. The van der Waals surface area contributed by atoms with E-state index in [0.29, 0.717) is 0 Å². The molecule has 60 valence electrons. The van der Waals surface area contributed by atoms with Gasteiger partial charge in [0.25, 0.3) is 0 Å². The van der Waals surface area contributed by atoms with Crippen LogP contribution in [0.2, 0.25) is 0 Å². The Labute approximate surface area is 66.5 Å². The lowest BCUT2D eigenvalue weighted by molar-refractivity contribution is 0.188. The molecule has 0 amide bonds. The molecule has 0 atom stereocenters. The quantitative estimate of drug-likeness (QED) is 0.609. The second-order valence-electron chi connectivity index (χ2n) is 2.95. The predicted molar refractivity (Wildman–Crippen MR) is 44.9 cm³/mol. The summed E-state index contributed by atoms with van der Waals surface area (Å²) in [6.45, 7) is 0.286. The summed E-state index contributed by atoms with van der Waals surface area (Å²) in [6, 6.07) is 0. The normalized spacial score (nSPS) is 23.4. The van der Waals surface area contributed by atoms with E-state index in [1.165, 1.54) is 12.8 Å². The van der Waals surface area contributed by atoms with Crippen molar-refractivity contribution in [3.05, 3.63) is 0 Å². The molecule has 0 spiro atoms. The molecule has 1 aliphatic rings. The Hall–Kier alpha value is 0.270. The maximum atomic E-state index is 9.07. The fourth-order valence-corrected chi connectivity index (χ4v) is 2.26. The van der Waals surface area contributed by atoms with Crippen LogP contribution in [0.4, 0.5) is 0 Å². The zero-order valence-electron chi connectivity index (χ0n) is 6.39. The average Bonchev–Trinajstić information content (AvgIpc) is 2.39. The van der Waals surface area contributed by atoms with Crippen LogP contribution in [-0.2, 0) is 0 Å². The third kappa shape index (κ3) is 1.65. The van der Waals surface area contributed by atoms with Crippen molar-refractivity contribution in [1.29, 1.82) is 0 Å². The van der Waals surface area contributed by atoms with Gasteiger partial charge in [0.15, 0.2) is 0 Å². The Morgan fingerprint density at radius 2 is 2.10 bits per heavy atom. The fourth-order valence-electron chi connectivity index (χ4n) is 1.56. The third-order valence-corrected chi connectivity index (χ3v) is 2.82. The molecule has 0 aromatic carbocycles. The minimum Gasteiger partial charge on any atom is -0.394 e. The molecule has 1 aliphatic carbocycles. The molecule has 0 aliphatic heterocycles. The molecule has 2 nitrogen and oxygen atoms in total. The number of aliphatic hydroxyl groups excluding tert-OH is 1. The summed E-state index contributed by atoms with van der Waals surface area (Å²) < 4.78 is 3.27. The Balaban J connectivity index is 2.41. The SMILES string of the molecule is CSNC1(CO)CCCC1. The van der Waals surface area contributed by atoms with Gasteiger partial charge in [-0.05, 0) is 19.1 Å². The van der Waals surface area contributed by atoms with Crippen LogP contribution in [0, 0.1) is 0 Å². The van der Waals surface area contributed by atoms with E-state index in [2.05, 4.69) is 4.72 Å². The Morgan fingerprint density at radius 3 is 2.50 bits per heavy atom. The Kier molecular flexibility index (Phi) is 3.01. The number of nitrogens with one attached hydrogen (secondary N) is 1. The van der Waals surface area contributed by atoms with Gasteiger partial charge in [0.1, 0.15) is 0 Å². The third-order valence-electron chi connectivity index (χ3n) is 2.18. The number of hydrogen-bond acceptors (Lipinski definition) is 3. The van der Waals surface area contributed by atoms with Gasteiger partial charge in [0.05, 0.1) is 12.1 Å². The van der Waals surface area contributed by atoms with E-state index < -0.39 is 0 Å². The zero-order chi connectivity index (χ0) is 7.45. The lowest BCUT2D eigenvalue weighted by atomic mass is 10.0. The first kappa shape index (κ1) is 8.37. The first-order chi connectivity index (χ1) is 4.83. The number of aliphatic hydroxyl groups is 1. The van der Waals surface area contributed by atoms with Crippen LogP contribution in [0.5, 0.6) is 0 Å². The van der Waals surface area contributed by atoms with Crippen molar-refractivity contribution < 1.29 is 5.11 Å². The molecule has 2 N–H and O–H groups in total. The van der Waals surface area contributed by atoms with Gasteiger partial charge in [0, 0.05) is 0 Å². The highest BCUT2D eigenvalue weighted by Gasteiger charge is 2.32. The summed E-state index contributed by atoms with van der Waals surface area (Å²) >= 11 is 1.61. The fraction of sp³-hybridized carbons (Fsp3) is 1.00. The van der Waals surface area contributed by atoms with E-state index >= 15 is 0 Å². The van der Waals surface area contributed by atoms with E-state index in [0.717, 1.165) is 12.8 Å².